The van der Waals surface area contributed by atoms with Crippen LogP contribution in [0.15, 0.2) is 42.5 Å². The van der Waals surface area contributed by atoms with Crippen LogP contribution in [-0.2, 0) is 35.1 Å². The van der Waals surface area contributed by atoms with Gasteiger partial charge in [0.2, 0.25) is 17.7 Å². The van der Waals surface area contributed by atoms with Gasteiger partial charge in [-0.15, -0.1) is 0 Å². The number of benzene rings is 2. The molecule has 3 N–H and O–H groups in total. The van der Waals surface area contributed by atoms with Gasteiger partial charge in [-0.3, -0.25) is 14.4 Å². The second kappa shape index (κ2) is 15.1. The summed E-state index contributed by atoms with van der Waals surface area (Å²) < 4.78 is 11.6. The lowest BCUT2D eigenvalue weighted by Gasteiger charge is -2.33. The average molecular weight is 585 g/mol. The second-order valence-corrected chi connectivity index (χ2v) is 12.8. The van der Waals surface area contributed by atoms with Gasteiger partial charge in [0.25, 0.3) is 0 Å². The number of nitrogens with one attached hydrogen (secondary N) is 3. The molecule has 2 aromatic carbocycles. The van der Waals surface area contributed by atoms with Crippen LogP contribution >= 0.6 is 0 Å². The molecule has 2 rings (SSSR count). The standard InChI is InChI=1S/C32H48N4O6/c1-31(2,3)27(29(39)33-7)35-28(38)24(19-21-14-15-22-12-10-11-13-23(22)18-21)26(30(40)42-32(4,5)6)41-20-25(37)34-16-17-36(8)9/h10-15,18,24,26-27H,16-17,19-20H2,1-9H3,(H,33,39)(H,34,37)(H,35,38)/t24-,26+,27-/m1/s1. The van der Waals surface area contributed by atoms with Gasteiger partial charge in [0.05, 0.1) is 5.92 Å². The predicted octanol–water partition coefficient (Wildman–Crippen LogP) is 2.68. The van der Waals surface area contributed by atoms with Crippen LogP contribution in [0.1, 0.15) is 47.1 Å². The van der Waals surface area contributed by atoms with Gasteiger partial charge in [-0.1, -0.05) is 63.2 Å². The Hall–Kier alpha value is -3.50. The number of ether oxygens (including phenoxy) is 2. The number of rotatable bonds is 13. The zero-order valence-corrected chi connectivity index (χ0v) is 26.5. The molecule has 232 valence electrons. The van der Waals surface area contributed by atoms with Crippen LogP contribution in [0, 0.1) is 11.3 Å². The van der Waals surface area contributed by atoms with Crippen LogP contribution in [0.3, 0.4) is 0 Å². The predicted molar refractivity (Wildman–Crippen MR) is 164 cm³/mol. The first-order valence-electron chi connectivity index (χ1n) is 14.3. The Kier molecular flexibility index (Phi) is 12.5. The molecule has 0 aliphatic heterocycles. The Morgan fingerprint density at radius 3 is 2.12 bits per heavy atom. The smallest absolute Gasteiger partial charge is 0.336 e. The van der Waals surface area contributed by atoms with E-state index in [0.717, 1.165) is 16.3 Å². The lowest BCUT2D eigenvalue weighted by molar-refractivity contribution is -0.175. The first kappa shape index (κ1) is 34.7. The van der Waals surface area contributed by atoms with Gasteiger partial charge in [-0.25, -0.2) is 4.79 Å². The number of fused-ring (bicyclic) bond motifs is 1. The van der Waals surface area contributed by atoms with E-state index in [0.29, 0.717) is 13.1 Å². The van der Waals surface area contributed by atoms with Crippen molar-refractivity contribution in [3.8, 4) is 0 Å². The Bertz CT molecular complexity index is 1230. The van der Waals surface area contributed by atoms with E-state index < -0.39 is 53.5 Å². The summed E-state index contributed by atoms with van der Waals surface area (Å²) in [5.41, 5.74) is -0.710. The maximum absolute atomic E-state index is 14.0. The Morgan fingerprint density at radius 2 is 1.55 bits per heavy atom. The third kappa shape index (κ3) is 11.1. The van der Waals surface area contributed by atoms with Crippen molar-refractivity contribution in [1.82, 2.24) is 20.9 Å². The molecular formula is C32H48N4O6. The highest BCUT2D eigenvalue weighted by atomic mass is 16.6. The summed E-state index contributed by atoms with van der Waals surface area (Å²) in [4.78, 5) is 54.9. The minimum atomic E-state index is -1.42. The lowest BCUT2D eigenvalue weighted by Crippen LogP contribution is -2.56. The number of esters is 1. The second-order valence-electron chi connectivity index (χ2n) is 12.8. The molecule has 0 saturated heterocycles. The van der Waals surface area contributed by atoms with Gasteiger partial charge in [0.15, 0.2) is 6.10 Å². The SMILES string of the molecule is CNC(=O)[C@@H](NC(=O)[C@H](Cc1ccc2ccccc2c1)[C@H](OCC(=O)NCCN(C)C)C(=O)OC(C)(C)C)C(C)(C)C. The molecule has 3 atom stereocenters. The third-order valence-corrected chi connectivity index (χ3v) is 6.55. The largest absolute Gasteiger partial charge is 0.458 e. The summed E-state index contributed by atoms with van der Waals surface area (Å²) in [6.45, 7) is 11.2. The summed E-state index contributed by atoms with van der Waals surface area (Å²) in [5.74, 6) is -3.22. The number of carbonyl (C=O) groups is 4. The van der Waals surface area contributed by atoms with Crippen LogP contribution < -0.4 is 16.0 Å². The van der Waals surface area contributed by atoms with Crippen LogP contribution in [0.25, 0.3) is 10.8 Å². The van der Waals surface area contributed by atoms with Crippen molar-refractivity contribution >= 4 is 34.5 Å². The van der Waals surface area contributed by atoms with Gasteiger partial charge < -0.3 is 30.3 Å². The van der Waals surface area contributed by atoms with Crippen LogP contribution in [-0.4, -0.2) is 87.2 Å². The number of carbonyl (C=O) groups excluding carboxylic acids is 4. The molecule has 0 bridgehead atoms. The summed E-state index contributed by atoms with van der Waals surface area (Å²) in [6.07, 6.45) is -1.31. The summed E-state index contributed by atoms with van der Waals surface area (Å²) in [5, 5.41) is 10.2. The van der Waals surface area contributed by atoms with E-state index in [9.17, 15) is 19.2 Å². The fraction of sp³-hybridized carbons (Fsp3) is 0.562. The number of likely N-dealkylation sites (N-methyl/N-ethyl adjacent to an activating group) is 2. The van der Waals surface area contributed by atoms with Crippen molar-refractivity contribution < 1.29 is 28.7 Å². The number of hydrogen-bond acceptors (Lipinski definition) is 7. The van der Waals surface area contributed by atoms with Crippen molar-refractivity contribution in [3.05, 3.63) is 48.0 Å². The van der Waals surface area contributed by atoms with Crippen molar-refractivity contribution in [2.45, 2.75) is 65.7 Å². The van der Waals surface area contributed by atoms with Gasteiger partial charge in [0, 0.05) is 20.1 Å². The summed E-state index contributed by atoms with van der Waals surface area (Å²) in [7, 11) is 5.28. The van der Waals surface area contributed by atoms with Gasteiger partial charge in [-0.05, 0) is 63.0 Å². The maximum atomic E-state index is 14.0. The van der Waals surface area contributed by atoms with E-state index in [2.05, 4.69) is 16.0 Å². The molecule has 2 aromatic rings. The summed E-state index contributed by atoms with van der Waals surface area (Å²) in [6, 6.07) is 12.7. The molecule has 0 aromatic heterocycles. The number of amides is 3. The molecule has 0 heterocycles. The molecule has 0 radical (unpaired) electrons. The van der Waals surface area contributed by atoms with Crippen molar-refractivity contribution in [3.63, 3.8) is 0 Å². The minimum absolute atomic E-state index is 0.105. The van der Waals surface area contributed by atoms with Gasteiger partial charge in [0.1, 0.15) is 18.2 Å². The van der Waals surface area contributed by atoms with E-state index in [-0.39, 0.29) is 12.3 Å². The van der Waals surface area contributed by atoms with Gasteiger partial charge >= 0.3 is 5.97 Å². The van der Waals surface area contributed by atoms with E-state index in [1.165, 1.54) is 7.05 Å². The zero-order chi connectivity index (χ0) is 31.7. The molecule has 0 spiro atoms. The Morgan fingerprint density at radius 1 is 0.905 bits per heavy atom. The van der Waals surface area contributed by atoms with Crippen LogP contribution in [0.2, 0.25) is 0 Å². The molecule has 42 heavy (non-hydrogen) atoms. The lowest BCUT2D eigenvalue weighted by atomic mass is 9.84. The molecule has 3 amide bonds. The van der Waals surface area contributed by atoms with Crippen molar-refractivity contribution in [2.24, 2.45) is 11.3 Å². The number of hydrogen-bond donors (Lipinski definition) is 3. The topological polar surface area (TPSA) is 126 Å². The quantitative estimate of drug-likeness (QED) is 0.309. The molecule has 0 fully saturated rings. The minimum Gasteiger partial charge on any atom is -0.458 e. The van der Waals surface area contributed by atoms with E-state index in [1.807, 2.05) is 82.2 Å². The maximum Gasteiger partial charge on any atom is 0.336 e. The molecular weight excluding hydrogens is 536 g/mol. The van der Waals surface area contributed by atoms with E-state index in [4.69, 9.17) is 9.47 Å². The summed E-state index contributed by atoms with van der Waals surface area (Å²) >= 11 is 0. The van der Waals surface area contributed by atoms with Crippen molar-refractivity contribution in [2.75, 3.05) is 40.8 Å². The highest BCUT2D eigenvalue weighted by Crippen LogP contribution is 2.25. The first-order chi connectivity index (χ1) is 19.5. The van der Waals surface area contributed by atoms with E-state index in [1.54, 1.807) is 20.8 Å². The Labute approximate surface area is 249 Å². The number of nitrogens with zero attached hydrogens (tertiary/aromatic N) is 1. The first-order valence-corrected chi connectivity index (χ1v) is 14.3. The van der Waals surface area contributed by atoms with E-state index >= 15 is 0 Å². The molecule has 10 nitrogen and oxygen atoms in total. The highest BCUT2D eigenvalue weighted by Gasteiger charge is 2.41. The molecule has 0 saturated carbocycles. The highest BCUT2D eigenvalue weighted by molar-refractivity contribution is 5.92. The zero-order valence-electron chi connectivity index (χ0n) is 26.5. The molecule has 0 aliphatic rings. The van der Waals surface area contributed by atoms with Gasteiger partial charge in [-0.2, -0.15) is 0 Å². The van der Waals surface area contributed by atoms with Crippen molar-refractivity contribution in [1.29, 1.82) is 0 Å². The van der Waals surface area contributed by atoms with Crippen LogP contribution in [0.4, 0.5) is 0 Å². The Balaban J connectivity index is 2.49. The third-order valence-electron chi connectivity index (χ3n) is 6.55. The molecule has 10 heteroatoms. The fourth-order valence-electron chi connectivity index (χ4n) is 4.37. The normalized spacial score (nSPS) is 14.1. The molecule has 0 aliphatic carbocycles. The van der Waals surface area contributed by atoms with Crippen LogP contribution in [0.5, 0.6) is 0 Å². The fourth-order valence-corrected chi connectivity index (χ4v) is 4.37. The monoisotopic (exact) mass is 584 g/mol. The average Bonchev–Trinajstić information content (AvgIpc) is 2.88. The molecule has 0 unspecified atom stereocenters.